The van der Waals surface area contributed by atoms with Gasteiger partial charge in [0.05, 0.1) is 20.5 Å². The summed E-state index contributed by atoms with van der Waals surface area (Å²) in [7, 11) is 6.82. The van der Waals surface area contributed by atoms with Crippen molar-refractivity contribution in [3.8, 4) is 11.5 Å². The molecule has 0 radical (unpaired) electrons. The van der Waals surface area contributed by atoms with Gasteiger partial charge >= 0.3 is 0 Å². The molecule has 5 aromatic rings. The molecule has 3 heterocycles. The van der Waals surface area contributed by atoms with E-state index >= 15 is 0 Å². The normalized spacial score (nSPS) is 19.9. The van der Waals surface area contributed by atoms with Gasteiger partial charge in [0.1, 0.15) is 35.6 Å². The molecule has 6 rings (SSSR count). The van der Waals surface area contributed by atoms with E-state index in [4.69, 9.17) is 24.7 Å². The van der Waals surface area contributed by atoms with Gasteiger partial charge in [-0.3, -0.25) is 14.3 Å². The molecule has 1 aliphatic rings. The van der Waals surface area contributed by atoms with Crippen molar-refractivity contribution in [2.24, 2.45) is 0 Å². The highest BCUT2D eigenvalue weighted by atomic mass is 16.6. The standard InChI is InChI=1S/C34H36N6O7/c1-39(2)18-25(29-27(41)28(42)32(46-29)40-19-36-26-30(40)37-33(35)38-31(26)43)47-34(20-8-6-5-7-9-20,21-10-14-23(44-3)15-11-21)22-12-16-24(45-4)17-13-22/h5-19,27-29,32,41-42H,1-4H3,(H3,35,37,38,43)/t27-,28+,29+,32+/m0/s1. The lowest BCUT2D eigenvalue weighted by molar-refractivity contribution is -0.0567. The fourth-order valence-corrected chi connectivity index (χ4v) is 5.84. The molecule has 0 amide bonds. The average molecular weight is 641 g/mol. The van der Waals surface area contributed by atoms with Gasteiger partial charge in [-0.2, -0.15) is 4.98 Å². The van der Waals surface area contributed by atoms with Gasteiger partial charge in [-0.25, -0.2) is 4.98 Å². The monoisotopic (exact) mass is 640 g/mol. The second-order valence-corrected chi connectivity index (χ2v) is 11.3. The maximum Gasteiger partial charge on any atom is 0.280 e. The summed E-state index contributed by atoms with van der Waals surface area (Å²) < 4.78 is 25.8. The predicted molar refractivity (Wildman–Crippen MR) is 174 cm³/mol. The van der Waals surface area contributed by atoms with Crippen LogP contribution in [0, 0.1) is 0 Å². The minimum Gasteiger partial charge on any atom is -0.497 e. The summed E-state index contributed by atoms with van der Waals surface area (Å²) in [4.78, 5) is 25.0. The molecule has 0 unspecified atom stereocenters. The Morgan fingerprint density at radius 2 is 1.51 bits per heavy atom. The van der Waals surface area contributed by atoms with E-state index in [9.17, 15) is 15.0 Å². The van der Waals surface area contributed by atoms with Gasteiger partial charge in [-0.1, -0.05) is 54.6 Å². The Morgan fingerprint density at radius 1 is 0.936 bits per heavy atom. The van der Waals surface area contributed by atoms with Crippen LogP contribution in [0.1, 0.15) is 22.9 Å². The molecular weight excluding hydrogens is 604 g/mol. The molecule has 0 aliphatic carbocycles. The Kier molecular flexibility index (Phi) is 8.60. The highest BCUT2D eigenvalue weighted by Crippen LogP contribution is 2.45. The Hall–Kier alpha value is -5.37. The minimum absolute atomic E-state index is 0.00959. The van der Waals surface area contributed by atoms with E-state index in [1.165, 1.54) is 10.9 Å². The maximum atomic E-state index is 12.5. The molecule has 2 aromatic heterocycles. The number of anilines is 1. The number of aliphatic hydroxyl groups is 2. The third-order valence-electron chi connectivity index (χ3n) is 8.07. The second-order valence-electron chi connectivity index (χ2n) is 11.3. The number of aliphatic hydroxyl groups excluding tert-OH is 2. The summed E-state index contributed by atoms with van der Waals surface area (Å²) >= 11 is 0. The zero-order chi connectivity index (χ0) is 33.3. The number of methoxy groups -OCH3 is 2. The Balaban J connectivity index is 1.51. The lowest BCUT2D eigenvalue weighted by Gasteiger charge is -2.39. The molecule has 3 aromatic carbocycles. The largest absolute Gasteiger partial charge is 0.497 e. The fraction of sp³-hybridized carbons (Fsp3) is 0.265. The van der Waals surface area contributed by atoms with E-state index in [1.807, 2.05) is 93.0 Å². The van der Waals surface area contributed by atoms with E-state index in [-0.39, 0.29) is 22.9 Å². The maximum absolute atomic E-state index is 12.5. The zero-order valence-corrected chi connectivity index (χ0v) is 26.3. The van der Waals surface area contributed by atoms with Gasteiger partial charge < -0.3 is 39.8 Å². The van der Waals surface area contributed by atoms with Crippen molar-refractivity contribution in [2.45, 2.75) is 30.1 Å². The molecule has 47 heavy (non-hydrogen) atoms. The number of aromatic nitrogens is 4. The first-order chi connectivity index (χ1) is 22.7. The molecule has 0 spiro atoms. The quantitative estimate of drug-likeness (QED) is 0.131. The Morgan fingerprint density at radius 3 is 2.06 bits per heavy atom. The van der Waals surface area contributed by atoms with Gasteiger partial charge in [0.25, 0.3) is 5.56 Å². The van der Waals surface area contributed by atoms with Gasteiger partial charge in [-0.05, 0) is 24.3 Å². The number of hydrogen-bond donors (Lipinski definition) is 4. The number of benzene rings is 3. The third kappa shape index (κ3) is 5.76. The van der Waals surface area contributed by atoms with E-state index < -0.39 is 35.7 Å². The van der Waals surface area contributed by atoms with E-state index in [2.05, 4.69) is 15.0 Å². The van der Waals surface area contributed by atoms with Crippen LogP contribution in [0.25, 0.3) is 11.2 Å². The number of imidazole rings is 1. The number of aromatic amines is 1. The molecule has 244 valence electrons. The van der Waals surface area contributed by atoms with Gasteiger partial charge in [0.15, 0.2) is 23.0 Å². The summed E-state index contributed by atoms with van der Waals surface area (Å²) in [5.74, 6) is 1.41. The molecule has 5 N–H and O–H groups in total. The molecule has 1 saturated heterocycles. The second kappa shape index (κ2) is 12.8. The highest BCUT2D eigenvalue weighted by Gasteiger charge is 2.50. The van der Waals surface area contributed by atoms with Crippen LogP contribution in [-0.2, 0) is 15.1 Å². The van der Waals surface area contributed by atoms with Crippen LogP contribution in [0.4, 0.5) is 5.95 Å². The van der Waals surface area contributed by atoms with Crippen LogP contribution in [0.5, 0.6) is 11.5 Å². The molecule has 13 nitrogen and oxygen atoms in total. The van der Waals surface area contributed by atoms with Crippen molar-refractivity contribution < 1.29 is 29.2 Å². The molecule has 4 atom stereocenters. The van der Waals surface area contributed by atoms with Gasteiger partial charge in [0, 0.05) is 37.0 Å². The molecular formula is C34H36N6O7. The number of fused-ring (bicyclic) bond motifs is 1. The first kappa shape index (κ1) is 31.6. The van der Waals surface area contributed by atoms with Crippen LogP contribution in [0.3, 0.4) is 0 Å². The lowest BCUT2D eigenvalue weighted by Crippen LogP contribution is -2.39. The molecule has 1 fully saturated rings. The van der Waals surface area contributed by atoms with E-state index in [0.29, 0.717) is 11.5 Å². The SMILES string of the molecule is COc1ccc(C(OC(=CN(C)C)[C@H]2O[C@@H](n3cnc4c(=O)[nH]c(N)nc43)[C@H](O)[C@@H]2O)(c2ccccc2)c2ccc(OC)cc2)cc1. The number of ether oxygens (including phenoxy) is 4. The molecule has 0 bridgehead atoms. The highest BCUT2D eigenvalue weighted by molar-refractivity contribution is 5.70. The summed E-state index contributed by atoms with van der Waals surface area (Å²) in [5.41, 5.74) is 6.36. The summed E-state index contributed by atoms with van der Waals surface area (Å²) in [6, 6.07) is 24.7. The van der Waals surface area contributed by atoms with Crippen molar-refractivity contribution in [2.75, 3.05) is 34.0 Å². The average Bonchev–Trinajstić information content (AvgIpc) is 3.63. The van der Waals surface area contributed by atoms with Crippen LogP contribution >= 0.6 is 0 Å². The van der Waals surface area contributed by atoms with Crippen LogP contribution in [0.15, 0.2) is 102 Å². The van der Waals surface area contributed by atoms with Crippen molar-refractivity contribution in [3.63, 3.8) is 0 Å². The number of nitrogens with zero attached hydrogens (tertiary/aromatic N) is 4. The smallest absolute Gasteiger partial charge is 0.280 e. The van der Waals surface area contributed by atoms with Gasteiger partial charge in [0.2, 0.25) is 5.95 Å². The summed E-state index contributed by atoms with van der Waals surface area (Å²) in [5, 5.41) is 22.9. The lowest BCUT2D eigenvalue weighted by atomic mass is 9.79. The predicted octanol–water partition coefficient (Wildman–Crippen LogP) is 2.75. The van der Waals surface area contributed by atoms with Crippen LogP contribution in [0.2, 0.25) is 0 Å². The van der Waals surface area contributed by atoms with Crippen molar-refractivity contribution in [1.29, 1.82) is 0 Å². The number of hydrogen-bond acceptors (Lipinski definition) is 11. The van der Waals surface area contributed by atoms with Crippen molar-refractivity contribution in [1.82, 2.24) is 24.4 Å². The first-order valence-corrected chi connectivity index (χ1v) is 14.8. The van der Waals surface area contributed by atoms with E-state index in [1.54, 1.807) is 25.3 Å². The minimum atomic E-state index is -1.46. The van der Waals surface area contributed by atoms with Crippen LogP contribution in [-0.4, -0.2) is 81.3 Å². The summed E-state index contributed by atoms with van der Waals surface area (Å²) in [6.07, 6.45) is -2.26. The zero-order valence-electron chi connectivity index (χ0n) is 26.3. The molecule has 1 aliphatic heterocycles. The van der Waals surface area contributed by atoms with Crippen LogP contribution < -0.4 is 20.8 Å². The molecule has 13 heteroatoms. The number of nitrogens with two attached hydrogens (primary N) is 1. The Bertz CT molecular complexity index is 1880. The topological polar surface area (TPSA) is 170 Å². The number of H-pyrrole nitrogens is 1. The fourth-order valence-electron chi connectivity index (χ4n) is 5.84. The third-order valence-corrected chi connectivity index (χ3v) is 8.07. The number of nitrogen functional groups attached to an aromatic ring is 1. The first-order valence-electron chi connectivity index (χ1n) is 14.8. The van der Waals surface area contributed by atoms with E-state index in [0.717, 1.165) is 16.7 Å². The number of nitrogens with one attached hydrogen (secondary N) is 1. The van der Waals surface area contributed by atoms with Gasteiger partial charge in [-0.15, -0.1) is 0 Å². The van der Waals surface area contributed by atoms with Crippen molar-refractivity contribution in [3.05, 3.63) is 124 Å². The number of rotatable bonds is 10. The van der Waals surface area contributed by atoms with Crippen molar-refractivity contribution >= 4 is 17.1 Å². The Labute approximate surface area is 270 Å². The molecule has 0 saturated carbocycles. The summed E-state index contributed by atoms with van der Waals surface area (Å²) in [6.45, 7) is 0.